The van der Waals surface area contributed by atoms with Crippen LogP contribution in [0.15, 0.2) is 31.0 Å². The molecule has 0 atom stereocenters. The monoisotopic (exact) mass is 315 g/mol. The summed E-state index contributed by atoms with van der Waals surface area (Å²) >= 11 is 0. The van der Waals surface area contributed by atoms with Gasteiger partial charge in [-0.3, -0.25) is 0 Å². The molecule has 1 saturated heterocycles. The van der Waals surface area contributed by atoms with Crippen molar-refractivity contribution < 1.29 is 4.79 Å². The minimum absolute atomic E-state index is 0.0332. The first-order chi connectivity index (χ1) is 11.3. The highest BCUT2D eigenvalue weighted by Crippen LogP contribution is 2.10. The maximum atomic E-state index is 12.3. The van der Waals surface area contributed by atoms with E-state index in [-0.39, 0.29) is 6.03 Å². The van der Waals surface area contributed by atoms with Gasteiger partial charge in [-0.05, 0) is 12.6 Å². The van der Waals surface area contributed by atoms with E-state index in [1.54, 1.807) is 17.2 Å². The van der Waals surface area contributed by atoms with E-state index in [2.05, 4.69) is 32.2 Å². The number of carbonyl (C=O) groups is 1. The van der Waals surface area contributed by atoms with Crippen molar-refractivity contribution in [3.05, 3.63) is 36.5 Å². The third kappa shape index (κ3) is 3.65. The standard InChI is InChI=1S/C15H21N7O/c1-2-20-6-8-21(9-7-20)15(23)18-10-13-4-3-5-17-14(13)22-12-16-11-19-22/h3-5,11-12H,2,6-10H2,1H3,(H,18,23). The minimum atomic E-state index is -0.0332. The highest BCUT2D eigenvalue weighted by Gasteiger charge is 2.20. The highest BCUT2D eigenvalue weighted by atomic mass is 16.2. The van der Waals surface area contributed by atoms with Crippen LogP contribution in [0.2, 0.25) is 0 Å². The van der Waals surface area contributed by atoms with Gasteiger partial charge in [0.15, 0.2) is 5.82 Å². The molecule has 0 aliphatic carbocycles. The number of nitrogens with one attached hydrogen (secondary N) is 1. The normalized spacial score (nSPS) is 15.6. The molecule has 0 saturated carbocycles. The van der Waals surface area contributed by atoms with Crippen molar-refractivity contribution >= 4 is 6.03 Å². The fourth-order valence-corrected chi connectivity index (χ4v) is 2.64. The molecule has 0 aromatic carbocycles. The van der Waals surface area contributed by atoms with Gasteiger partial charge in [0.25, 0.3) is 0 Å². The number of hydrogen-bond donors (Lipinski definition) is 1. The van der Waals surface area contributed by atoms with Crippen LogP contribution in [-0.4, -0.2) is 68.3 Å². The van der Waals surface area contributed by atoms with Crippen molar-refractivity contribution in [1.29, 1.82) is 0 Å². The Kier molecular flexibility index (Phi) is 4.82. The van der Waals surface area contributed by atoms with Crippen molar-refractivity contribution in [2.24, 2.45) is 0 Å². The number of pyridine rings is 1. The van der Waals surface area contributed by atoms with Crippen LogP contribution in [0.25, 0.3) is 5.82 Å². The average Bonchev–Trinajstić information content (AvgIpc) is 3.14. The Balaban J connectivity index is 1.60. The molecular weight excluding hydrogens is 294 g/mol. The van der Waals surface area contributed by atoms with Gasteiger partial charge in [0.05, 0.1) is 0 Å². The fraction of sp³-hybridized carbons (Fsp3) is 0.467. The molecular formula is C15H21N7O. The van der Waals surface area contributed by atoms with Crippen molar-refractivity contribution in [1.82, 2.24) is 34.9 Å². The largest absolute Gasteiger partial charge is 0.334 e. The van der Waals surface area contributed by atoms with Crippen molar-refractivity contribution in [2.45, 2.75) is 13.5 Å². The number of hydrogen-bond acceptors (Lipinski definition) is 5. The number of likely N-dealkylation sites (N-methyl/N-ethyl adjacent to an activating group) is 1. The zero-order chi connectivity index (χ0) is 16.1. The molecule has 2 aromatic heterocycles. The lowest BCUT2D eigenvalue weighted by atomic mass is 10.2. The maximum absolute atomic E-state index is 12.3. The number of carbonyl (C=O) groups excluding carboxylic acids is 1. The van der Waals surface area contributed by atoms with Gasteiger partial charge < -0.3 is 15.1 Å². The van der Waals surface area contributed by atoms with Crippen LogP contribution in [0, 0.1) is 0 Å². The number of amides is 2. The molecule has 1 aliphatic heterocycles. The van der Waals surface area contributed by atoms with E-state index in [4.69, 9.17) is 0 Å². The molecule has 1 aliphatic rings. The van der Waals surface area contributed by atoms with Crippen molar-refractivity contribution in [3.63, 3.8) is 0 Å². The summed E-state index contributed by atoms with van der Waals surface area (Å²) in [6.07, 6.45) is 4.76. The fourth-order valence-electron chi connectivity index (χ4n) is 2.64. The quantitative estimate of drug-likeness (QED) is 0.889. The van der Waals surface area contributed by atoms with E-state index in [0.29, 0.717) is 12.4 Å². The van der Waals surface area contributed by atoms with Gasteiger partial charge in [-0.2, -0.15) is 5.10 Å². The van der Waals surface area contributed by atoms with Gasteiger partial charge in [0, 0.05) is 44.5 Å². The second-order valence-electron chi connectivity index (χ2n) is 5.41. The molecule has 0 spiro atoms. The lowest BCUT2D eigenvalue weighted by Crippen LogP contribution is -2.51. The number of nitrogens with zero attached hydrogens (tertiary/aromatic N) is 6. The zero-order valence-corrected chi connectivity index (χ0v) is 13.2. The summed E-state index contributed by atoms with van der Waals surface area (Å²) in [5.74, 6) is 0.682. The van der Waals surface area contributed by atoms with Crippen LogP contribution < -0.4 is 5.32 Å². The molecule has 1 fully saturated rings. The van der Waals surface area contributed by atoms with E-state index >= 15 is 0 Å². The van der Waals surface area contributed by atoms with E-state index in [0.717, 1.165) is 38.3 Å². The predicted molar refractivity (Wildman–Crippen MR) is 85.1 cm³/mol. The topological polar surface area (TPSA) is 79.2 Å². The Hall–Kier alpha value is -2.48. The second kappa shape index (κ2) is 7.19. The van der Waals surface area contributed by atoms with Crippen LogP contribution >= 0.6 is 0 Å². The first-order valence-electron chi connectivity index (χ1n) is 7.82. The van der Waals surface area contributed by atoms with Crippen LogP contribution in [0.5, 0.6) is 0 Å². The van der Waals surface area contributed by atoms with Crippen molar-refractivity contribution in [3.8, 4) is 5.82 Å². The van der Waals surface area contributed by atoms with E-state index in [1.807, 2.05) is 17.0 Å². The molecule has 23 heavy (non-hydrogen) atoms. The Morgan fingerprint density at radius 3 is 2.83 bits per heavy atom. The molecule has 3 heterocycles. The van der Waals surface area contributed by atoms with Crippen LogP contribution in [-0.2, 0) is 6.54 Å². The number of urea groups is 1. The van der Waals surface area contributed by atoms with Gasteiger partial charge in [-0.15, -0.1) is 0 Å². The SMILES string of the molecule is CCN1CCN(C(=O)NCc2cccnc2-n2cncn2)CC1. The average molecular weight is 315 g/mol. The predicted octanol–water partition coefficient (Wildman–Crippen LogP) is 0.509. The number of aromatic nitrogens is 4. The molecule has 8 heteroatoms. The van der Waals surface area contributed by atoms with E-state index < -0.39 is 0 Å². The van der Waals surface area contributed by atoms with E-state index in [1.165, 1.54) is 6.33 Å². The summed E-state index contributed by atoms with van der Waals surface area (Å²) in [4.78, 5) is 24.8. The van der Waals surface area contributed by atoms with Crippen molar-refractivity contribution in [2.75, 3.05) is 32.7 Å². The molecule has 0 bridgehead atoms. The molecule has 2 aromatic rings. The summed E-state index contributed by atoms with van der Waals surface area (Å²) in [5, 5.41) is 7.07. The van der Waals surface area contributed by atoms with E-state index in [9.17, 15) is 4.79 Å². The van der Waals surface area contributed by atoms with Crippen LogP contribution in [0.4, 0.5) is 4.79 Å². The van der Waals surface area contributed by atoms with Gasteiger partial charge in [0.2, 0.25) is 0 Å². The molecule has 2 amide bonds. The van der Waals surface area contributed by atoms with Crippen LogP contribution in [0.3, 0.4) is 0 Å². The zero-order valence-electron chi connectivity index (χ0n) is 13.2. The maximum Gasteiger partial charge on any atom is 0.317 e. The Labute approximate surface area is 135 Å². The Morgan fingerprint density at radius 1 is 1.30 bits per heavy atom. The van der Waals surface area contributed by atoms with Gasteiger partial charge >= 0.3 is 6.03 Å². The lowest BCUT2D eigenvalue weighted by Gasteiger charge is -2.34. The first-order valence-corrected chi connectivity index (χ1v) is 7.82. The molecule has 3 rings (SSSR count). The molecule has 0 unspecified atom stereocenters. The Bertz CT molecular complexity index is 635. The summed E-state index contributed by atoms with van der Waals surface area (Å²) in [7, 11) is 0. The number of rotatable bonds is 4. The third-order valence-electron chi connectivity index (χ3n) is 4.04. The molecule has 8 nitrogen and oxygen atoms in total. The summed E-state index contributed by atoms with van der Waals surface area (Å²) in [6, 6.07) is 3.75. The number of piperazine rings is 1. The first kappa shape index (κ1) is 15.4. The second-order valence-corrected chi connectivity index (χ2v) is 5.41. The Morgan fingerprint density at radius 2 is 2.13 bits per heavy atom. The molecule has 1 N–H and O–H groups in total. The van der Waals surface area contributed by atoms with Gasteiger partial charge in [-0.1, -0.05) is 13.0 Å². The van der Waals surface area contributed by atoms with Gasteiger partial charge in [0.1, 0.15) is 12.7 Å². The highest BCUT2D eigenvalue weighted by molar-refractivity contribution is 5.74. The summed E-state index contributed by atoms with van der Waals surface area (Å²) in [5.41, 5.74) is 0.901. The van der Waals surface area contributed by atoms with Gasteiger partial charge in [-0.25, -0.2) is 19.4 Å². The summed E-state index contributed by atoms with van der Waals surface area (Å²) in [6.45, 7) is 6.99. The third-order valence-corrected chi connectivity index (χ3v) is 4.04. The van der Waals surface area contributed by atoms with Crippen LogP contribution in [0.1, 0.15) is 12.5 Å². The molecule has 122 valence electrons. The lowest BCUT2D eigenvalue weighted by molar-refractivity contribution is 0.142. The minimum Gasteiger partial charge on any atom is -0.334 e. The molecule has 0 radical (unpaired) electrons. The summed E-state index contributed by atoms with van der Waals surface area (Å²) < 4.78 is 1.60. The smallest absolute Gasteiger partial charge is 0.317 e.